The first-order chi connectivity index (χ1) is 7.84. The molecule has 16 heavy (non-hydrogen) atoms. The van der Waals surface area contributed by atoms with E-state index in [1.54, 1.807) is 18.2 Å². The van der Waals surface area contributed by atoms with Crippen LogP contribution < -0.4 is 5.63 Å². The maximum atomic E-state index is 11.6. The molecule has 0 bridgehead atoms. The highest BCUT2D eigenvalue weighted by atomic mass is 16.4. The van der Waals surface area contributed by atoms with E-state index < -0.39 is 5.63 Å². The van der Waals surface area contributed by atoms with Crippen molar-refractivity contribution in [3.8, 4) is 11.4 Å². The number of nitrogens with one attached hydrogen (secondary N) is 1. The minimum atomic E-state index is -0.521. The number of hydrogen-bond donors (Lipinski definition) is 1. The van der Waals surface area contributed by atoms with Gasteiger partial charge in [-0.15, -0.1) is 0 Å². The van der Waals surface area contributed by atoms with Gasteiger partial charge in [0.25, 0.3) is 0 Å². The first kappa shape index (κ1) is 8.78. The minimum Gasteiger partial charge on any atom is -0.419 e. The molecule has 0 atom stereocenters. The summed E-state index contributed by atoms with van der Waals surface area (Å²) < 4.78 is 5.12. The Bertz CT molecular complexity index is 687. The molecule has 2 aromatic heterocycles. The van der Waals surface area contributed by atoms with Gasteiger partial charge in [-0.1, -0.05) is 12.1 Å². The molecule has 6 nitrogen and oxygen atoms in total. The van der Waals surface area contributed by atoms with E-state index >= 15 is 0 Å². The Labute approximate surface area is 88.9 Å². The number of fused-ring (bicyclic) bond motifs is 1. The van der Waals surface area contributed by atoms with Crippen LogP contribution in [0.3, 0.4) is 0 Å². The van der Waals surface area contributed by atoms with Crippen molar-refractivity contribution in [2.75, 3.05) is 0 Å². The maximum absolute atomic E-state index is 11.6. The second-order valence-corrected chi connectivity index (χ2v) is 3.17. The van der Waals surface area contributed by atoms with Crippen LogP contribution in [0.5, 0.6) is 0 Å². The second-order valence-electron chi connectivity index (χ2n) is 3.17. The third-order valence-electron chi connectivity index (χ3n) is 2.15. The Balaban J connectivity index is 2.34. The predicted octanol–water partition coefficient (Wildman–Crippen LogP) is 0.973. The van der Waals surface area contributed by atoms with Gasteiger partial charge >= 0.3 is 5.63 Å². The Hall–Kier alpha value is -2.50. The van der Waals surface area contributed by atoms with Gasteiger partial charge in [0.2, 0.25) is 0 Å². The molecule has 1 aromatic carbocycles. The molecule has 0 aliphatic carbocycles. The third-order valence-corrected chi connectivity index (χ3v) is 2.15. The first-order valence-corrected chi connectivity index (χ1v) is 4.60. The van der Waals surface area contributed by atoms with Gasteiger partial charge in [-0.2, -0.15) is 15.4 Å². The van der Waals surface area contributed by atoms with Gasteiger partial charge in [0, 0.05) is 0 Å². The van der Waals surface area contributed by atoms with Crippen LogP contribution in [0.1, 0.15) is 0 Å². The van der Waals surface area contributed by atoms with Crippen LogP contribution in [0, 0.1) is 0 Å². The van der Waals surface area contributed by atoms with Crippen LogP contribution in [0.2, 0.25) is 0 Å². The summed E-state index contributed by atoms with van der Waals surface area (Å²) in [5, 5.41) is 9.84. The Morgan fingerprint density at radius 3 is 2.94 bits per heavy atom. The molecule has 0 amide bonds. The van der Waals surface area contributed by atoms with Crippen molar-refractivity contribution in [1.29, 1.82) is 0 Å². The molecule has 2 heterocycles. The molecule has 0 saturated carbocycles. The molecule has 6 heteroatoms. The van der Waals surface area contributed by atoms with Crippen molar-refractivity contribution in [1.82, 2.24) is 20.4 Å². The summed E-state index contributed by atoms with van der Waals surface area (Å²) in [6.07, 6.45) is 1.42. The van der Waals surface area contributed by atoms with Gasteiger partial charge in [0.1, 0.15) is 11.2 Å². The average Bonchev–Trinajstić information content (AvgIpc) is 2.81. The molecule has 0 aliphatic rings. The van der Waals surface area contributed by atoms with Crippen molar-refractivity contribution in [2.24, 2.45) is 0 Å². The number of benzene rings is 1. The molecular formula is C10H6N4O2. The quantitative estimate of drug-likeness (QED) is 0.652. The van der Waals surface area contributed by atoms with Gasteiger partial charge in [0.05, 0.1) is 6.20 Å². The zero-order valence-electron chi connectivity index (χ0n) is 8.04. The lowest BCUT2D eigenvalue weighted by Crippen LogP contribution is -2.06. The van der Waals surface area contributed by atoms with Gasteiger partial charge in [-0.3, -0.25) is 0 Å². The Morgan fingerprint density at radius 1 is 1.25 bits per heavy atom. The normalized spacial score (nSPS) is 10.8. The van der Waals surface area contributed by atoms with Crippen molar-refractivity contribution in [3.05, 3.63) is 40.9 Å². The van der Waals surface area contributed by atoms with E-state index in [9.17, 15) is 4.79 Å². The largest absolute Gasteiger partial charge is 0.419 e. The average molecular weight is 214 g/mol. The third kappa shape index (κ3) is 1.28. The molecule has 3 aromatic rings. The van der Waals surface area contributed by atoms with Gasteiger partial charge in [-0.05, 0) is 12.1 Å². The summed E-state index contributed by atoms with van der Waals surface area (Å²) in [7, 11) is 0. The number of nitrogens with zero attached hydrogens (tertiary/aromatic N) is 3. The smallest absolute Gasteiger partial charge is 0.364 e. The lowest BCUT2D eigenvalue weighted by molar-refractivity contribution is 0.557. The number of aromatic amines is 1. The summed E-state index contributed by atoms with van der Waals surface area (Å²) in [6, 6.07) is 7.06. The highest BCUT2D eigenvalue weighted by Crippen LogP contribution is 2.13. The van der Waals surface area contributed by atoms with E-state index in [1.165, 1.54) is 6.20 Å². The number of H-pyrrole nitrogens is 1. The fourth-order valence-corrected chi connectivity index (χ4v) is 1.43. The van der Waals surface area contributed by atoms with Crippen LogP contribution in [-0.4, -0.2) is 20.4 Å². The zero-order valence-corrected chi connectivity index (χ0v) is 8.04. The summed E-state index contributed by atoms with van der Waals surface area (Å²) >= 11 is 0. The summed E-state index contributed by atoms with van der Waals surface area (Å²) in [5.41, 5.74) is 1.08. The Kier molecular flexibility index (Phi) is 1.79. The summed E-state index contributed by atoms with van der Waals surface area (Å²) in [5.74, 6) is 0. The summed E-state index contributed by atoms with van der Waals surface area (Å²) in [6.45, 7) is 0. The second kappa shape index (κ2) is 3.27. The molecule has 0 spiro atoms. The van der Waals surface area contributed by atoms with Crippen molar-refractivity contribution < 1.29 is 4.42 Å². The van der Waals surface area contributed by atoms with Crippen LogP contribution in [-0.2, 0) is 0 Å². The maximum Gasteiger partial charge on any atom is 0.364 e. The molecule has 0 fully saturated rings. The van der Waals surface area contributed by atoms with Crippen molar-refractivity contribution in [2.45, 2.75) is 0 Å². The fourth-order valence-electron chi connectivity index (χ4n) is 1.43. The molecule has 0 saturated heterocycles. The standard InChI is InChI=1S/C10H6N4O2/c15-10-9(7-5-11-14-13-7)12-6-3-1-2-4-8(6)16-10/h1-5H,(H,11,13,14). The lowest BCUT2D eigenvalue weighted by Gasteiger charge is -1.97. The van der Waals surface area contributed by atoms with Gasteiger partial charge in [-0.25, -0.2) is 9.78 Å². The number of para-hydroxylation sites is 2. The monoisotopic (exact) mass is 214 g/mol. The fraction of sp³-hybridized carbons (Fsp3) is 0. The van der Waals surface area contributed by atoms with E-state index in [2.05, 4.69) is 20.4 Å². The molecular weight excluding hydrogens is 208 g/mol. The molecule has 1 N–H and O–H groups in total. The van der Waals surface area contributed by atoms with Gasteiger partial charge in [0.15, 0.2) is 11.3 Å². The Morgan fingerprint density at radius 2 is 2.12 bits per heavy atom. The van der Waals surface area contributed by atoms with E-state index in [0.717, 1.165) is 0 Å². The van der Waals surface area contributed by atoms with Gasteiger partial charge < -0.3 is 4.42 Å². The van der Waals surface area contributed by atoms with Crippen LogP contribution in [0.4, 0.5) is 0 Å². The van der Waals surface area contributed by atoms with E-state index in [4.69, 9.17) is 4.42 Å². The highest BCUT2D eigenvalue weighted by Gasteiger charge is 2.11. The lowest BCUT2D eigenvalue weighted by atomic mass is 10.3. The molecule has 0 radical (unpaired) electrons. The topological polar surface area (TPSA) is 84.7 Å². The van der Waals surface area contributed by atoms with E-state index in [-0.39, 0.29) is 5.69 Å². The van der Waals surface area contributed by atoms with Crippen molar-refractivity contribution >= 4 is 11.1 Å². The SMILES string of the molecule is O=c1oc2ccccc2nc1-c1cn[nH]n1. The van der Waals surface area contributed by atoms with E-state index in [1.807, 2.05) is 6.07 Å². The first-order valence-electron chi connectivity index (χ1n) is 4.60. The molecule has 78 valence electrons. The zero-order chi connectivity index (χ0) is 11.0. The van der Waals surface area contributed by atoms with E-state index in [0.29, 0.717) is 16.8 Å². The van der Waals surface area contributed by atoms with Crippen LogP contribution in [0.25, 0.3) is 22.5 Å². The molecule has 0 aliphatic heterocycles. The summed E-state index contributed by atoms with van der Waals surface area (Å²) in [4.78, 5) is 15.8. The highest BCUT2D eigenvalue weighted by molar-refractivity contribution is 5.73. The van der Waals surface area contributed by atoms with Crippen molar-refractivity contribution in [3.63, 3.8) is 0 Å². The predicted molar refractivity (Wildman–Crippen MR) is 55.7 cm³/mol. The number of rotatable bonds is 1. The molecule has 0 unspecified atom stereocenters. The minimum absolute atomic E-state index is 0.160. The number of hydrogen-bond acceptors (Lipinski definition) is 5. The van der Waals surface area contributed by atoms with Crippen LogP contribution in [0.15, 0.2) is 39.7 Å². The molecule has 3 rings (SSSR count). The number of aromatic nitrogens is 4. The van der Waals surface area contributed by atoms with Crippen LogP contribution >= 0.6 is 0 Å².